The number of nitrogens with zero attached hydrogens (tertiary/aromatic N) is 5. The molecule has 0 saturated heterocycles. The van der Waals surface area contributed by atoms with Gasteiger partial charge in [-0.15, -0.1) is 0 Å². The lowest BCUT2D eigenvalue weighted by molar-refractivity contribution is 0.482. The van der Waals surface area contributed by atoms with Gasteiger partial charge in [0.05, 0.1) is 28.3 Å². The minimum Gasteiger partial charge on any atom is -0.456 e. The van der Waals surface area contributed by atoms with E-state index in [1.807, 2.05) is 49.1 Å². The Morgan fingerprint density at radius 1 is 0.707 bits per heavy atom. The van der Waals surface area contributed by atoms with Gasteiger partial charge in [0.15, 0.2) is 0 Å². The summed E-state index contributed by atoms with van der Waals surface area (Å²) in [6.07, 6.45) is 8.50. The van der Waals surface area contributed by atoms with E-state index in [1.54, 1.807) is 0 Å². The molecule has 3 aromatic carbocycles. The Balaban J connectivity index is 1.29. The van der Waals surface area contributed by atoms with Gasteiger partial charge in [0.2, 0.25) is 0 Å². The highest BCUT2D eigenvalue weighted by molar-refractivity contribution is 6.11. The molecule has 0 aliphatic carbocycles. The van der Waals surface area contributed by atoms with Crippen LogP contribution in [0, 0.1) is 5.92 Å². The zero-order valence-electron chi connectivity index (χ0n) is 22.8. The average molecular weight is 534 g/mol. The van der Waals surface area contributed by atoms with Crippen molar-refractivity contribution in [3.05, 3.63) is 115 Å². The molecule has 0 bridgehead atoms. The number of rotatable bonds is 5. The molecule has 198 valence electrons. The molecule has 6 nitrogen and oxygen atoms in total. The van der Waals surface area contributed by atoms with Gasteiger partial charge in [0.25, 0.3) is 0 Å². The van der Waals surface area contributed by atoms with Crippen LogP contribution in [0.25, 0.3) is 55.1 Å². The van der Waals surface area contributed by atoms with Crippen LogP contribution in [0.1, 0.15) is 19.4 Å². The van der Waals surface area contributed by atoms with Gasteiger partial charge in [-0.25, -0.2) is 9.97 Å². The van der Waals surface area contributed by atoms with Crippen molar-refractivity contribution >= 4 is 49.3 Å². The Labute approximate surface area is 236 Å². The van der Waals surface area contributed by atoms with Crippen LogP contribution in [-0.2, 0) is 6.42 Å². The van der Waals surface area contributed by atoms with Crippen LogP contribution < -0.4 is 4.74 Å². The molecule has 0 fully saturated rings. The molecule has 0 N–H and O–H groups in total. The Hall–Kier alpha value is -5.23. The second kappa shape index (κ2) is 9.17. The van der Waals surface area contributed by atoms with Crippen molar-refractivity contribution in [3.63, 3.8) is 0 Å². The molecule has 0 spiro atoms. The standard InChI is InChI=1S/C35H27N5O/c1-22(2)18-23-8-7-11-30-33(23)34-28(35-37-16-17-39(30)35)19-25(21-38-34)41-24-13-14-27-26-9-3-4-10-29(26)40(31(27)20-24)32-12-5-6-15-36-32/h3-17,19-22H,18H2,1-2H3. The van der Waals surface area contributed by atoms with Gasteiger partial charge in [-0.05, 0) is 60.4 Å². The summed E-state index contributed by atoms with van der Waals surface area (Å²) in [6.45, 7) is 4.50. The van der Waals surface area contributed by atoms with Crippen molar-refractivity contribution in [2.24, 2.45) is 5.92 Å². The van der Waals surface area contributed by atoms with Crippen LogP contribution in [0.4, 0.5) is 0 Å². The second-order valence-corrected chi connectivity index (χ2v) is 10.9. The van der Waals surface area contributed by atoms with Gasteiger partial charge in [-0.1, -0.05) is 50.2 Å². The largest absolute Gasteiger partial charge is 0.456 e. The lowest BCUT2D eigenvalue weighted by Crippen LogP contribution is -2.00. The maximum absolute atomic E-state index is 6.48. The molecule has 41 heavy (non-hydrogen) atoms. The van der Waals surface area contributed by atoms with E-state index < -0.39 is 0 Å². The fourth-order valence-electron chi connectivity index (χ4n) is 6.12. The van der Waals surface area contributed by atoms with Gasteiger partial charge in [0.1, 0.15) is 23.0 Å². The van der Waals surface area contributed by atoms with Crippen LogP contribution in [0.15, 0.2) is 110 Å². The summed E-state index contributed by atoms with van der Waals surface area (Å²) in [7, 11) is 0. The van der Waals surface area contributed by atoms with E-state index in [4.69, 9.17) is 14.7 Å². The number of hydrogen-bond acceptors (Lipinski definition) is 4. The monoisotopic (exact) mass is 533 g/mol. The predicted molar refractivity (Wildman–Crippen MR) is 165 cm³/mol. The third-order valence-corrected chi connectivity index (χ3v) is 7.76. The van der Waals surface area contributed by atoms with Crippen LogP contribution in [0.5, 0.6) is 11.5 Å². The molecule has 0 aliphatic heterocycles. The minimum atomic E-state index is 0.535. The van der Waals surface area contributed by atoms with E-state index in [-0.39, 0.29) is 0 Å². The zero-order chi connectivity index (χ0) is 27.5. The third-order valence-electron chi connectivity index (χ3n) is 7.76. The normalized spacial score (nSPS) is 12.0. The Morgan fingerprint density at radius 3 is 2.44 bits per heavy atom. The Morgan fingerprint density at radius 2 is 1.56 bits per heavy atom. The smallest absolute Gasteiger partial charge is 0.146 e. The lowest BCUT2D eigenvalue weighted by atomic mass is 9.97. The van der Waals surface area contributed by atoms with Crippen molar-refractivity contribution < 1.29 is 4.74 Å². The maximum atomic E-state index is 6.48. The Bertz CT molecular complexity index is 2240. The van der Waals surface area contributed by atoms with Crippen molar-refractivity contribution in [1.29, 1.82) is 0 Å². The summed E-state index contributed by atoms with van der Waals surface area (Å²) in [6, 6.07) is 29.2. The first-order valence-corrected chi connectivity index (χ1v) is 13.9. The summed E-state index contributed by atoms with van der Waals surface area (Å²) >= 11 is 0. The quantitative estimate of drug-likeness (QED) is 0.208. The van der Waals surface area contributed by atoms with Gasteiger partial charge >= 0.3 is 0 Å². The molecule has 0 radical (unpaired) electrons. The molecule has 5 heterocycles. The van der Waals surface area contributed by atoms with E-state index in [9.17, 15) is 0 Å². The fraction of sp³-hybridized carbons (Fsp3) is 0.114. The molecule has 0 saturated carbocycles. The Kier molecular flexibility index (Phi) is 5.29. The minimum absolute atomic E-state index is 0.535. The summed E-state index contributed by atoms with van der Waals surface area (Å²) in [4.78, 5) is 14.3. The SMILES string of the molecule is CC(C)Cc1cccc2c1c1ncc(Oc3ccc4c5ccccc5n(-c5ccccn5)c4c3)cc1c1nccn21. The summed E-state index contributed by atoms with van der Waals surface area (Å²) < 4.78 is 10.8. The van der Waals surface area contributed by atoms with Crippen LogP contribution >= 0.6 is 0 Å². The second-order valence-electron chi connectivity index (χ2n) is 10.9. The number of benzene rings is 3. The third kappa shape index (κ3) is 3.75. The fourth-order valence-corrected chi connectivity index (χ4v) is 6.12. The van der Waals surface area contributed by atoms with E-state index in [0.717, 1.165) is 56.5 Å². The number of pyridine rings is 3. The predicted octanol–water partition coefficient (Wildman–Crippen LogP) is 8.52. The molecule has 8 aromatic rings. The van der Waals surface area contributed by atoms with Crippen molar-refractivity contribution in [2.75, 3.05) is 0 Å². The summed E-state index contributed by atoms with van der Waals surface area (Å²) in [5, 5.41) is 4.48. The molecular weight excluding hydrogens is 506 g/mol. The van der Waals surface area contributed by atoms with Crippen molar-refractivity contribution in [1.82, 2.24) is 23.9 Å². The van der Waals surface area contributed by atoms with Crippen LogP contribution in [0.3, 0.4) is 0 Å². The number of para-hydroxylation sites is 1. The summed E-state index contributed by atoms with van der Waals surface area (Å²) in [5.41, 5.74) is 6.39. The molecule has 5 aromatic heterocycles. The molecular formula is C35H27N5O. The van der Waals surface area contributed by atoms with Gasteiger partial charge in [-0.3, -0.25) is 14.0 Å². The molecule has 8 rings (SSSR count). The van der Waals surface area contributed by atoms with E-state index in [2.05, 4.69) is 88.5 Å². The number of imidazole rings is 1. The highest BCUT2D eigenvalue weighted by atomic mass is 16.5. The highest BCUT2D eigenvalue weighted by Gasteiger charge is 2.17. The van der Waals surface area contributed by atoms with Crippen molar-refractivity contribution in [3.8, 4) is 17.3 Å². The van der Waals surface area contributed by atoms with Gasteiger partial charge < -0.3 is 4.74 Å². The number of fused-ring (bicyclic) bond motifs is 9. The van der Waals surface area contributed by atoms with E-state index in [1.165, 1.54) is 16.3 Å². The molecule has 0 amide bonds. The van der Waals surface area contributed by atoms with Gasteiger partial charge in [-0.2, -0.15) is 0 Å². The molecule has 6 heteroatoms. The van der Waals surface area contributed by atoms with Crippen molar-refractivity contribution in [2.45, 2.75) is 20.3 Å². The van der Waals surface area contributed by atoms with Gasteiger partial charge in [0, 0.05) is 46.2 Å². The zero-order valence-corrected chi connectivity index (χ0v) is 22.8. The van der Waals surface area contributed by atoms with Crippen LogP contribution in [-0.4, -0.2) is 23.9 Å². The maximum Gasteiger partial charge on any atom is 0.146 e. The van der Waals surface area contributed by atoms with Crippen LogP contribution in [0.2, 0.25) is 0 Å². The number of ether oxygens (including phenoxy) is 1. The lowest BCUT2D eigenvalue weighted by Gasteiger charge is -2.14. The van der Waals surface area contributed by atoms with E-state index >= 15 is 0 Å². The molecule has 0 atom stereocenters. The first-order chi connectivity index (χ1) is 20.2. The highest BCUT2D eigenvalue weighted by Crippen LogP contribution is 2.37. The molecule has 0 unspecified atom stereocenters. The number of aromatic nitrogens is 5. The average Bonchev–Trinajstić information content (AvgIpc) is 3.61. The van der Waals surface area contributed by atoms with E-state index in [0.29, 0.717) is 11.7 Å². The number of hydrogen-bond donors (Lipinski definition) is 0. The summed E-state index contributed by atoms with van der Waals surface area (Å²) in [5.74, 6) is 2.81. The molecule has 0 aliphatic rings. The first-order valence-electron chi connectivity index (χ1n) is 13.9. The first kappa shape index (κ1) is 23.6. The topological polar surface area (TPSA) is 57.2 Å².